The number of amides is 1. The number of carbonyl (C=O) groups is 2. The number of para-hydroxylation sites is 1. The lowest BCUT2D eigenvalue weighted by atomic mass is 10.2. The topological polar surface area (TPSA) is 98.5 Å². The number of anilines is 1. The number of halogens is 2. The van der Waals surface area contributed by atoms with Gasteiger partial charge in [0.15, 0.2) is 6.61 Å². The summed E-state index contributed by atoms with van der Waals surface area (Å²) in [5, 5.41) is 13.3. The van der Waals surface area contributed by atoms with E-state index < -0.39 is 40.7 Å². The molecule has 0 saturated heterocycles. The highest BCUT2D eigenvalue weighted by Gasteiger charge is 2.17. The van der Waals surface area contributed by atoms with E-state index in [2.05, 4.69) is 0 Å². The molecule has 1 amide bonds. The summed E-state index contributed by atoms with van der Waals surface area (Å²) < 4.78 is 32.4. The first-order valence-corrected chi connectivity index (χ1v) is 8.26. The van der Waals surface area contributed by atoms with Crippen LogP contribution in [0.25, 0.3) is 10.1 Å². The van der Waals surface area contributed by atoms with E-state index >= 15 is 0 Å². The predicted octanol–water partition coefficient (Wildman–Crippen LogP) is 3.88. The lowest BCUT2D eigenvalue weighted by Gasteiger charge is -2.07. The number of nitrogens with zero attached hydrogens (tertiary/aromatic N) is 1. The molecule has 27 heavy (non-hydrogen) atoms. The standard InChI is InChI=1S/C17H10F2N2O5S/c18-11-2-1-3-12(19)16(11)20-15(22)8-26-17(23)14-7-9-6-10(21(24)25)4-5-13(9)27-14/h1-7H,8H2,(H,20,22). The van der Waals surface area contributed by atoms with Crippen molar-refractivity contribution in [1.29, 1.82) is 0 Å². The number of rotatable bonds is 5. The Hall–Kier alpha value is -3.40. The fourth-order valence-electron chi connectivity index (χ4n) is 2.24. The van der Waals surface area contributed by atoms with Gasteiger partial charge in [-0.25, -0.2) is 13.6 Å². The number of hydrogen-bond donors (Lipinski definition) is 1. The quantitative estimate of drug-likeness (QED) is 0.404. The maximum atomic E-state index is 13.5. The minimum absolute atomic E-state index is 0.119. The number of nitrogens with one attached hydrogen (secondary N) is 1. The number of ether oxygens (including phenoxy) is 1. The summed E-state index contributed by atoms with van der Waals surface area (Å²) in [5.41, 5.74) is -0.751. The summed E-state index contributed by atoms with van der Waals surface area (Å²) in [6.07, 6.45) is 0. The van der Waals surface area contributed by atoms with Gasteiger partial charge in [0.25, 0.3) is 11.6 Å². The number of hydrogen-bond acceptors (Lipinski definition) is 6. The van der Waals surface area contributed by atoms with Crippen molar-refractivity contribution >= 4 is 44.7 Å². The van der Waals surface area contributed by atoms with E-state index in [0.717, 1.165) is 29.5 Å². The Morgan fingerprint density at radius 1 is 1.15 bits per heavy atom. The number of nitro groups is 1. The second kappa shape index (κ2) is 7.46. The summed E-state index contributed by atoms with van der Waals surface area (Å²) in [6.45, 7) is -0.749. The second-order valence-electron chi connectivity index (χ2n) is 5.31. The number of esters is 1. The molecule has 1 heterocycles. The monoisotopic (exact) mass is 392 g/mol. The largest absolute Gasteiger partial charge is 0.451 e. The van der Waals surface area contributed by atoms with E-state index in [1.54, 1.807) is 0 Å². The third-order valence-electron chi connectivity index (χ3n) is 3.47. The second-order valence-corrected chi connectivity index (χ2v) is 6.39. The van der Waals surface area contributed by atoms with Gasteiger partial charge in [-0.3, -0.25) is 14.9 Å². The fraction of sp³-hybridized carbons (Fsp3) is 0.0588. The molecule has 10 heteroatoms. The van der Waals surface area contributed by atoms with Gasteiger partial charge in [-0.15, -0.1) is 11.3 Å². The molecule has 1 aromatic heterocycles. The van der Waals surface area contributed by atoms with Crippen molar-refractivity contribution < 1.29 is 28.0 Å². The van der Waals surface area contributed by atoms with Crippen LogP contribution < -0.4 is 5.32 Å². The van der Waals surface area contributed by atoms with Gasteiger partial charge in [-0.05, 0) is 24.3 Å². The molecule has 0 aliphatic carbocycles. The number of nitro benzene ring substituents is 1. The molecule has 0 aliphatic rings. The van der Waals surface area contributed by atoms with E-state index in [1.807, 2.05) is 5.32 Å². The molecule has 0 bridgehead atoms. The number of non-ortho nitro benzene ring substituents is 1. The van der Waals surface area contributed by atoms with E-state index in [-0.39, 0.29) is 10.6 Å². The molecule has 1 N–H and O–H groups in total. The predicted molar refractivity (Wildman–Crippen MR) is 93.7 cm³/mol. The molecule has 0 atom stereocenters. The zero-order valence-electron chi connectivity index (χ0n) is 13.4. The first kappa shape index (κ1) is 18.4. The summed E-state index contributed by atoms with van der Waals surface area (Å²) in [6, 6.07) is 8.63. The minimum Gasteiger partial charge on any atom is -0.451 e. The molecule has 0 saturated carbocycles. The van der Waals surface area contributed by atoms with Crippen molar-refractivity contribution in [2.45, 2.75) is 0 Å². The SMILES string of the molecule is O=C(COC(=O)c1cc2cc([N+](=O)[O-])ccc2s1)Nc1c(F)cccc1F. The highest BCUT2D eigenvalue weighted by molar-refractivity contribution is 7.20. The van der Waals surface area contributed by atoms with Crippen molar-refractivity contribution in [2.24, 2.45) is 0 Å². The van der Waals surface area contributed by atoms with E-state index in [0.29, 0.717) is 10.1 Å². The van der Waals surface area contributed by atoms with Crippen LogP contribution in [0.2, 0.25) is 0 Å². The van der Waals surface area contributed by atoms with Gasteiger partial charge < -0.3 is 10.1 Å². The molecule has 0 spiro atoms. The molecule has 3 aromatic rings. The maximum absolute atomic E-state index is 13.5. The van der Waals surface area contributed by atoms with Crippen molar-refractivity contribution in [3.63, 3.8) is 0 Å². The zero-order chi connectivity index (χ0) is 19.6. The third-order valence-corrected chi connectivity index (χ3v) is 4.57. The molecule has 3 rings (SSSR count). The van der Waals surface area contributed by atoms with Crippen LogP contribution in [0.3, 0.4) is 0 Å². The van der Waals surface area contributed by atoms with Crippen molar-refractivity contribution in [1.82, 2.24) is 0 Å². The molecule has 7 nitrogen and oxygen atoms in total. The summed E-state index contributed by atoms with van der Waals surface area (Å²) >= 11 is 1.04. The van der Waals surface area contributed by atoms with Gasteiger partial charge in [0.05, 0.1) is 4.92 Å². The first-order valence-electron chi connectivity index (χ1n) is 7.44. The summed E-state index contributed by atoms with van der Waals surface area (Å²) in [7, 11) is 0. The maximum Gasteiger partial charge on any atom is 0.348 e. The molecule has 0 fully saturated rings. The van der Waals surface area contributed by atoms with Crippen molar-refractivity contribution in [3.8, 4) is 0 Å². The molecular formula is C17H10F2N2O5S. The Bertz CT molecular complexity index is 1050. The molecule has 0 radical (unpaired) electrons. The normalized spacial score (nSPS) is 10.6. The van der Waals surface area contributed by atoms with Crippen LogP contribution in [0.5, 0.6) is 0 Å². The molecular weight excluding hydrogens is 382 g/mol. The average Bonchev–Trinajstić information content (AvgIpc) is 3.06. The lowest BCUT2D eigenvalue weighted by molar-refractivity contribution is -0.384. The number of thiophene rings is 1. The average molecular weight is 392 g/mol. The molecule has 2 aromatic carbocycles. The van der Waals surface area contributed by atoms with Gasteiger partial charge in [0.2, 0.25) is 0 Å². The van der Waals surface area contributed by atoms with E-state index in [4.69, 9.17) is 4.74 Å². The van der Waals surface area contributed by atoms with E-state index in [1.165, 1.54) is 24.3 Å². The van der Waals surface area contributed by atoms with Crippen LogP contribution in [0.1, 0.15) is 9.67 Å². The van der Waals surface area contributed by atoms with Crippen LogP contribution in [0.4, 0.5) is 20.2 Å². The smallest absolute Gasteiger partial charge is 0.348 e. The molecule has 138 valence electrons. The Kier molecular flexibility index (Phi) is 5.08. The van der Waals surface area contributed by atoms with Crippen LogP contribution in [0, 0.1) is 21.7 Å². The molecule has 0 aliphatic heterocycles. The summed E-state index contributed by atoms with van der Waals surface area (Å²) in [4.78, 5) is 34.2. The Labute approximate surface area is 154 Å². The van der Waals surface area contributed by atoms with Gasteiger partial charge in [-0.1, -0.05) is 6.07 Å². The van der Waals surface area contributed by atoms with E-state index in [9.17, 15) is 28.5 Å². The van der Waals surface area contributed by atoms with Crippen LogP contribution in [-0.4, -0.2) is 23.4 Å². The highest BCUT2D eigenvalue weighted by Crippen LogP contribution is 2.29. The zero-order valence-corrected chi connectivity index (χ0v) is 14.2. The number of carbonyl (C=O) groups excluding carboxylic acids is 2. The highest BCUT2D eigenvalue weighted by atomic mass is 32.1. The Balaban J connectivity index is 1.66. The Morgan fingerprint density at radius 3 is 2.52 bits per heavy atom. The number of fused-ring (bicyclic) bond motifs is 1. The fourth-order valence-corrected chi connectivity index (χ4v) is 3.18. The minimum atomic E-state index is -0.958. The third kappa shape index (κ3) is 4.06. The summed E-state index contributed by atoms with van der Waals surface area (Å²) in [5.74, 6) is -3.66. The van der Waals surface area contributed by atoms with Crippen LogP contribution >= 0.6 is 11.3 Å². The Morgan fingerprint density at radius 2 is 1.85 bits per heavy atom. The van der Waals surface area contributed by atoms with Crippen LogP contribution in [0.15, 0.2) is 42.5 Å². The van der Waals surface area contributed by atoms with Crippen molar-refractivity contribution in [2.75, 3.05) is 11.9 Å². The first-order chi connectivity index (χ1) is 12.8. The van der Waals surface area contributed by atoms with Gasteiger partial charge >= 0.3 is 5.97 Å². The number of benzene rings is 2. The van der Waals surface area contributed by atoms with Gasteiger partial charge in [0, 0.05) is 22.2 Å². The van der Waals surface area contributed by atoms with Crippen LogP contribution in [-0.2, 0) is 9.53 Å². The van der Waals surface area contributed by atoms with Crippen molar-refractivity contribution in [3.05, 3.63) is 69.1 Å². The van der Waals surface area contributed by atoms with Gasteiger partial charge in [-0.2, -0.15) is 0 Å². The molecule has 0 unspecified atom stereocenters. The van der Waals surface area contributed by atoms with Gasteiger partial charge in [0.1, 0.15) is 22.2 Å². The lowest BCUT2D eigenvalue weighted by Crippen LogP contribution is -2.21.